The van der Waals surface area contributed by atoms with Crippen LogP contribution < -0.4 is 31.7 Å². The van der Waals surface area contributed by atoms with E-state index in [4.69, 9.17) is 11.6 Å². The van der Waals surface area contributed by atoms with Crippen LogP contribution in [0.25, 0.3) is 16.7 Å². The van der Waals surface area contributed by atoms with Crippen LogP contribution in [0.4, 0.5) is 33.2 Å². The van der Waals surface area contributed by atoms with E-state index >= 15 is 4.39 Å². The fourth-order valence-corrected chi connectivity index (χ4v) is 6.30. The number of aryl methyl sites for hydroxylation is 1. The number of nitrogens with zero attached hydrogens (tertiary/aromatic N) is 7. The van der Waals surface area contributed by atoms with Gasteiger partial charge in [0.15, 0.2) is 17.5 Å². The van der Waals surface area contributed by atoms with Gasteiger partial charge in [-0.1, -0.05) is 18.5 Å². The van der Waals surface area contributed by atoms with Crippen LogP contribution in [0.1, 0.15) is 18.9 Å². The average Bonchev–Trinajstić information content (AvgIpc) is 3.51. The standard InChI is InChI=1S/C31H30ClFN10O3/c1-16-15-42(30-34-14-20(32)28(38-30)36-22-6-7-23-19(27(22)33)13-26(45)40(23)2)10-8-21(16)35-17-4-5-18-24(12-17)41(3)39-29(18)43-11-9-25(44)37-31(43)46/h4-7,9,11-12,14,16,21,35H,8,10,13,15H2,1-3H3,(H,34,36,38)(H,37,44,46)/t16-,21-/m1/s1. The van der Waals surface area contributed by atoms with Crippen molar-refractivity contribution in [1.82, 2.24) is 29.3 Å². The highest BCUT2D eigenvalue weighted by Gasteiger charge is 2.30. The Morgan fingerprint density at radius 1 is 1.11 bits per heavy atom. The first-order valence-electron chi connectivity index (χ1n) is 14.8. The average molecular weight is 645 g/mol. The number of benzene rings is 2. The molecular formula is C31H30ClFN10O3. The number of nitrogens with one attached hydrogen (secondary N) is 3. The Bertz CT molecular complexity index is 2140. The zero-order chi connectivity index (χ0) is 32.3. The van der Waals surface area contributed by atoms with Gasteiger partial charge in [-0.2, -0.15) is 10.1 Å². The fraction of sp³-hybridized carbons (Fsp3) is 0.290. The number of fused-ring (bicyclic) bond motifs is 2. The molecule has 2 atom stereocenters. The van der Waals surface area contributed by atoms with Gasteiger partial charge >= 0.3 is 5.69 Å². The third-order valence-electron chi connectivity index (χ3n) is 8.69. The summed E-state index contributed by atoms with van der Waals surface area (Å²) in [6.45, 7) is 3.51. The molecule has 15 heteroatoms. The number of aromatic nitrogens is 6. The van der Waals surface area contributed by atoms with Crippen molar-refractivity contribution in [2.75, 3.05) is 40.6 Å². The zero-order valence-corrected chi connectivity index (χ0v) is 26.0. The molecule has 3 aromatic heterocycles. The summed E-state index contributed by atoms with van der Waals surface area (Å²) in [6.07, 6.45) is 3.73. The Labute approximate surface area is 266 Å². The molecule has 0 unspecified atom stereocenters. The minimum absolute atomic E-state index is 0.00583. The molecule has 2 aromatic carbocycles. The Balaban J connectivity index is 1.05. The molecule has 46 heavy (non-hydrogen) atoms. The SMILES string of the molecule is C[C@@H]1CN(c2ncc(Cl)c(Nc3ccc4c(c3F)CC(=O)N4C)n2)CC[C@H]1Nc1ccc2c(-n3ccc(=O)[nH]c3=O)nn(C)c2c1. The van der Waals surface area contributed by atoms with E-state index in [2.05, 4.69) is 42.5 Å². The molecule has 0 radical (unpaired) electrons. The number of hydrogen-bond donors (Lipinski definition) is 3. The third kappa shape index (κ3) is 5.13. The van der Waals surface area contributed by atoms with Crippen LogP contribution in [0.15, 0.2) is 58.4 Å². The Morgan fingerprint density at radius 2 is 1.93 bits per heavy atom. The lowest BCUT2D eigenvalue weighted by molar-refractivity contribution is -0.117. The molecule has 7 rings (SSSR count). The minimum Gasteiger partial charge on any atom is -0.382 e. The highest BCUT2D eigenvalue weighted by Crippen LogP contribution is 2.36. The van der Waals surface area contributed by atoms with E-state index in [1.807, 2.05) is 18.2 Å². The number of aromatic amines is 1. The summed E-state index contributed by atoms with van der Waals surface area (Å²) in [7, 11) is 3.44. The number of anilines is 5. The number of carbonyl (C=O) groups excluding carboxylic acids is 1. The molecule has 1 saturated heterocycles. The molecule has 1 fully saturated rings. The van der Waals surface area contributed by atoms with Gasteiger partial charge in [0.1, 0.15) is 5.02 Å². The molecule has 0 bridgehead atoms. The monoisotopic (exact) mass is 644 g/mol. The van der Waals surface area contributed by atoms with Crippen molar-refractivity contribution in [2.45, 2.75) is 25.8 Å². The summed E-state index contributed by atoms with van der Waals surface area (Å²) in [6, 6.07) is 10.6. The number of piperidine rings is 1. The molecule has 0 saturated carbocycles. The van der Waals surface area contributed by atoms with Crippen LogP contribution in [-0.4, -0.2) is 61.4 Å². The second-order valence-electron chi connectivity index (χ2n) is 11.7. The maximum atomic E-state index is 15.3. The van der Waals surface area contributed by atoms with E-state index in [9.17, 15) is 14.4 Å². The lowest BCUT2D eigenvalue weighted by Gasteiger charge is -2.37. The minimum atomic E-state index is -0.552. The van der Waals surface area contributed by atoms with Gasteiger partial charge in [-0.15, -0.1) is 0 Å². The van der Waals surface area contributed by atoms with E-state index in [1.54, 1.807) is 30.9 Å². The predicted octanol–water partition coefficient (Wildman–Crippen LogP) is 3.58. The molecular weight excluding hydrogens is 615 g/mol. The van der Waals surface area contributed by atoms with Crippen molar-refractivity contribution in [2.24, 2.45) is 13.0 Å². The summed E-state index contributed by atoms with van der Waals surface area (Å²) in [5.41, 5.74) is 1.82. The van der Waals surface area contributed by atoms with E-state index in [0.717, 1.165) is 23.0 Å². The number of amides is 1. The third-order valence-corrected chi connectivity index (χ3v) is 8.97. The number of carbonyl (C=O) groups is 1. The quantitative estimate of drug-likeness (QED) is 0.252. The number of H-pyrrole nitrogens is 1. The largest absolute Gasteiger partial charge is 0.382 e. The first kappa shape index (κ1) is 29.5. The van der Waals surface area contributed by atoms with Gasteiger partial charge < -0.3 is 20.4 Å². The van der Waals surface area contributed by atoms with Crippen LogP contribution >= 0.6 is 11.6 Å². The normalized spacial score (nSPS) is 17.9. The van der Waals surface area contributed by atoms with Crippen molar-refractivity contribution >= 4 is 57.2 Å². The molecule has 5 heterocycles. The summed E-state index contributed by atoms with van der Waals surface area (Å²) in [4.78, 5) is 50.8. The lowest BCUT2D eigenvalue weighted by atomic mass is 9.93. The molecule has 13 nitrogen and oxygen atoms in total. The Kier molecular flexibility index (Phi) is 7.23. The molecule has 1 amide bonds. The highest BCUT2D eigenvalue weighted by molar-refractivity contribution is 6.32. The van der Waals surface area contributed by atoms with Crippen LogP contribution in [0.2, 0.25) is 5.02 Å². The highest BCUT2D eigenvalue weighted by atomic mass is 35.5. The second-order valence-corrected chi connectivity index (χ2v) is 12.1. The van der Waals surface area contributed by atoms with Crippen molar-refractivity contribution in [1.29, 1.82) is 0 Å². The van der Waals surface area contributed by atoms with Gasteiger partial charge in [0, 0.05) is 62.1 Å². The Morgan fingerprint density at radius 3 is 2.72 bits per heavy atom. The molecule has 236 valence electrons. The molecule has 0 spiro atoms. The van der Waals surface area contributed by atoms with Crippen molar-refractivity contribution in [3.05, 3.63) is 86.0 Å². The van der Waals surface area contributed by atoms with Crippen molar-refractivity contribution in [3.63, 3.8) is 0 Å². The fourth-order valence-electron chi connectivity index (χ4n) is 6.17. The summed E-state index contributed by atoms with van der Waals surface area (Å²) in [5, 5.41) is 12.2. The van der Waals surface area contributed by atoms with Gasteiger partial charge in [0.2, 0.25) is 11.9 Å². The molecule has 2 aliphatic rings. The summed E-state index contributed by atoms with van der Waals surface area (Å²) < 4.78 is 18.3. The van der Waals surface area contributed by atoms with E-state index in [-0.39, 0.29) is 40.8 Å². The van der Waals surface area contributed by atoms with Crippen LogP contribution in [-0.2, 0) is 18.3 Å². The van der Waals surface area contributed by atoms with Gasteiger partial charge in [-0.25, -0.2) is 14.2 Å². The Hall–Kier alpha value is -5.24. The van der Waals surface area contributed by atoms with Gasteiger partial charge in [-0.3, -0.25) is 23.8 Å². The summed E-state index contributed by atoms with van der Waals surface area (Å²) in [5.74, 6) is 0.751. The maximum absolute atomic E-state index is 15.3. The maximum Gasteiger partial charge on any atom is 0.334 e. The van der Waals surface area contributed by atoms with Crippen LogP contribution in [0, 0.1) is 11.7 Å². The number of rotatable bonds is 6. The lowest BCUT2D eigenvalue weighted by Crippen LogP contribution is -2.46. The number of halogens is 2. The molecule has 3 N–H and O–H groups in total. The second kappa shape index (κ2) is 11.3. The van der Waals surface area contributed by atoms with Crippen LogP contribution in [0.3, 0.4) is 0 Å². The first-order chi connectivity index (χ1) is 22.1. The van der Waals surface area contributed by atoms with Crippen molar-refractivity contribution < 1.29 is 9.18 Å². The van der Waals surface area contributed by atoms with Gasteiger partial charge in [0.25, 0.3) is 5.56 Å². The summed E-state index contributed by atoms with van der Waals surface area (Å²) >= 11 is 6.41. The number of hydrogen-bond acceptors (Lipinski definition) is 9. The first-order valence-corrected chi connectivity index (χ1v) is 15.1. The van der Waals surface area contributed by atoms with E-state index in [1.165, 1.54) is 27.9 Å². The van der Waals surface area contributed by atoms with E-state index < -0.39 is 17.1 Å². The molecule has 5 aromatic rings. The van der Waals surface area contributed by atoms with Crippen LogP contribution in [0.5, 0.6) is 0 Å². The number of likely N-dealkylation sites (N-methyl/N-ethyl adjacent to an activating group) is 1. The van der Waals surface area contributed by atoms with Gasteiger partial charge in [-0.05, 0) is 42.7 Å². The predicted molar refractivity (Wildman–Crippen MR) is 174 cm³/mol. The molecule has 0 aliphatic carbocycles. The van der Waals surface area contributed by atoms with E-state index in [0.29, 0.717) is 36.1 Å². The van der Waals surface area contributed by atoms with Crippen molar-refractivity contribution in [3.8, 4) is 5.82 Å². The van der Waals surface area contributed by atoms with Gasteiger partial charge in [0.05, 0.1) is 29.5 Å². The topological polar surface area (TPSA) is 146 Å². The molecule has 2 aliphatic heterocycles. The zero-order valence-electron chi connectivity index (χ0n) is 25.2. The smallest absolute Gasteiger partial charge is 0.334 e.